The molecule has 0 spiro atoms. The molecule has 0 bridgehead atoms. The van der Waals surface area contributed by atoms with Crippen LogP contribution in [0.5, 0.6) is 0 Å². The fourth-order valence-corrected chi connectivity index (χ4v) is 3.33. The minimum absolute atomic E-state index is 0.646. The molecule has 0 fully saturated rings. The molecule has 1 aromatic rings. The number of thioether (sulfide) groups is 1. The molecule has 0 radical (unpaired) electrons. The highest BCUT2D eigenvalue weighted by molar-refractivity contribution is 9.10. The Hall–Kier alpha value is -0.480. The maximum atomic E-state index is 4.54. The Morgan fingerprint density at radius 3 is 2.76 bits per heavy atom. The number of hydrogen-bond acceptors (Lipinski definition) is 3. The summed E-state index contributed by atoms with van der Waals surface area (Å²) < 4.78 is 1.10. The first-order valence-electron chi connectivity index (χ1n) is 5.87. The van der Waals surface area contributed by atoms with Crippen LogP contribution in [0.1, 0.15) is 20.3 Å². The zero-order valence-corrected chi connectivity index (χ0v) is 12.5. The lowest BCUT2D eigenvalue weighted by atomic mass is 10.1. The Morgan fingerprint density at radius 2 is 2.12 bits per heavy atom. The van der Waals surface area contributed by atoms with Crippen molar-refractivity contribution in [3.8, 4) is 0 Å². The summed E-state index contributed by atoms with van der Waals surface area (Å²) >= 11 is 5.30. The molecular weight excluding hydrogens is 296 g/mol. The minimum atomic E-state index is 0.646. The summed E-state index contributed by atoms with van der Waals surface area (Å²) in [7, 11) is 0. The lowest BCUT2D eigenvalue weighted by Gasteiger charge is -2.11. The SMILES string of the molecule is CC(C)CC1CN=C(Nc2ccc(Br)cc2)S1. The van der Waals surface area contributed by atoms with Crippen LogP contribution >= 0.6 is 27.7 Å². The first-order valence-corrected chi connectivity index (χ1v) is 7.54. The lowest BCUT2D eigenvalue weighted by Crippen LogP contribution is -2.09. The molecule has 0 amide bonds. The van der Waals surface area contributed by atoms with Gasteiger partial charge in [-0.05, 0) is 36.6 Å². The predicted octanol–water partition coefficient (Wildman–Crippen LogP) is 4.38. The molecule has 17 heavy (non-hydrogen) atoms. The summed E-state index contributed by atoms with van der Waals surface area (Å²) in [6.45, 7) is 5.48. The highest BCUT2D eigenvalue weighted by Gasteiger charge is 2.20. The van der Waals surface area contributed by atoms with Gasteiger partial charge in [0.1, 0.15) is 0 Å². The fourth-order valence-electron chi connectivity index (χ4n) is 1.79. The number of nitrogens with zero attached hydrogens (tertiary/aromatic N) is 1. The normalized spacial score (nSPS) is 19.5. The third-order valence-electron chi connectivity index (χ3n) is 2.55. The van der Waals surface area contributed by atoms with Crippen molar-refractivity contribution < 1.29 is 0 Å². The molecule has 2 nitrogen and oxygen atoms in total. The molecule has 92 valence electrons. The van der Waals surface area contributed by atoms with E-state index in [1.54, 1.807) is 0 Å². The number of hydrogen-bond donors (Lipinski definition) is 1. The van der Waals surface area contributed by atoms with Gasteiger partial charge in [0.05, 0.1) is 6.54 Å². The van der Waals surface area contributed by atoms with Crippen molar-refractivity contribution in [2.24, 2.45) is 10.9 Å². The Bertz CT molecular complexity index is 400. The zero-order valence-electron chi connectivity index (χ0n) is 10.1. The number of benzene rings is 1. The van der Waals surface area contributed by atoms with Gasteiger partial charge in [0, 0.05) is 15.4 Å². The fraction of sp³-hybridized carbons (Fsp3) is 0.462. The van der Waals surface area contributed by atoms with Crippen LogP contribution in [0.25, 0.3) is 0 Å². The third-order valence-corrected chi connectivity index (χ3v) is 4.20. The molecule has 1 aliphatic heterocycles. The minimum Gasteiger partial charge on any atom is -0.335 e. The van der Waals surface area contributed by atoms with Gasteiger partial charge in [0.2, 0.25) is 0 Å². The standard InChI is InChI=1S/C13H17BrN2S/c1-9(2)7-12-8-15-13(17-12)16-11-5-3-10(14)4-6-11/h3-6,9,12H,7-8H2,1-2H3,(H,15,16). The number of nitrogens with one attached hydrogen (secondary N) is 1. The molecule has 1 aliphatic rings. The van der Waals surface area contributed by atoms with E-state index in [2.05, 4.69) is 52.2 Å². The van der Waals surface area contributed by atoms with Gasteiger partial charge in [0.25, 0.3) is 0 Å². The van der Waals surface area contributed by atoms with Gasteiger partial charge in [-0.15, -0.1) is 0 Å². The maximum absolute atomic E-state index is 4.54. The molecule has 1 atom stereocenters. The van der Waals surface area contributed by atoms with E-state index >= 15 is 0 Å². The van der Waals surface area contributed by atoms with Gasteiger partial charge >= 0.3 is 0 Å². The number of aliphatic imine (C=N–C) groups is 1. The highest BCUT2D eigenvalue weighted by atomic mass is 79.9. The van der Waals surface area contributed by atoms with E-state index in [1.165, 1.54) is 6.42 Å². The van der Waals surface area contributed by atoms with Crippen molar-refractivity contribution >= 4 is 38.5 Å². The Morgan fingerprint density at radius 1 is 1.41 bits per heavy atom. The van der Waals surface area contributed by atoms with Crippen molar-refractivity contribution in [1.82, 2.24) is 0 Å². The molecule has 1 unspecified atom stereocenters. The molecule has 0 saturated heterocycles. The van der Waals surface area contributed by atoms with Crippen LogP contribution in [0.2, 0.25) is 0 Å². The predicted molar refractivity (Wildman–Crippen MR) is 80.9 cm³/mol. The van der Waals surface area contributed by atoms with Crippen LogP contribution in [0, 0.1) is 5.92 Å². The van der Waals surface area contributed by atoms with Crippen molar-refractivity contribution in [1.29, 1.82) is 0 Å². The Labute approximate surface area is 115 Å². The summed E-state index contributed by atoms with van der Waals surface area (Å²) in [6.07, 6.45) is 1.24. The van der Waals surface area contributed by atoms with Gasteiger partial charge in [-0.3, -0.25) is 4.99 Å². The van der Waals surface area contributed by atoms with Crippen LogP contribution in [0.3, 0.4) is 0 Å². The van der Waals surface area contributed by atoms with Gasteiger partial charge in [-0.25, -0.2) is 0 Å². The highest BCUT2D eigenvalue weighted by Crippen LogP contribution is 2.27. The molecule has 1 aromatic carbocycles. The van der Waals surface area contributed by atoms with Gasteiger partial charge in [-0.1, -0.05) is 41.5 Å². The van der Waals surface area contributed by atoms with E-state index < -0.39 is 0 Å². The van der Waals surface area contributed by atoms with Crippen LogP contribution in [0.4, 0.5) is 5.69 Å². The van der Waals surface area contributed by atoms with Gasteiger partial charge < -0.3 is 5.32 Å². The van der Waals surface area contributed by atoms with Crippen LogP contribution < -0.4 is 5.32 Å². The summed E-state index contributed by atoms with van der Waals surface area (Å²) in [5.74, 6) is 0.745. The van der Waals surface area contributed by atoms with Crippen molar-refractivity contribution in [2.75, 3.05) is 11.9 Å². The second-order valence-electron chi connectivity index (χ2n) is 4.65. The molecule has 0 aromatic heterocycles. The second-order valence-corrected chi connectivity index (χ2v) is 6.85. The zero-order chi connectivity index (χ0) is 12.3. The molecular formula is C13H17BrN2S. The van der Waals surface area contributed by atoms with E-state index in [9.17, 15) is 0 Å². The molecule has 0 aliphatic carbocycles. The van der Waals surface area contributed by atoms with Crippen molar-refractivity contribution in [2.45, 2.75) is 25.5 Å². The quantitative estimate of drug-likeness (QED) is 0.895. The summed E-state index contributed by atoms with van der Waals surface area (Å²) in [5.41, 5.74) is 1.10. The summed E-state index contributed by atoms with van der Waals surface area (Å²) in [4.78, 5) is 4.54. The lowest BCUT2D eigenvalue weighted by molar-refractivity contribution is 0.575. The number of amidine groups is 1. The number of anilines is 1. The van der Waals surface area contributed by atoms with Crippen LogP contribution in [0.15, 0.2) is 33.7 Å². The molecule has 1 N–H and O–H groups in total. The van der Waals surface area contributed by atoms with E-state index in [-0.39, 0.29) is 0 Å². The Balaban J connectivity index is 1.87. The van der Waals surface area contributed by atoms with Crippen LogP contribution in [-0.4, -0.2) is 17.0 Å². The number of rotatable bonds is 3. The second kappa shape index (κ2) is 5.91. The molecule has 4 heteroatoms. The van der Waals surface area contributed by atoms with Crippen LogP contribution in [-0.2, 0) is 0 Å². The van der Waals surface area contributed by atoms with E-state index in [0.717, 1.165) is 27.8 Å². The van der Waals surface area contributed by atoms with E-state index in [4.69, 9.17) is 0 Å². The van der Waals surface area contributed by atoms with Gasteiger partial charge in [0.15, 0.2) is 5.17 Å². The number of halogens is 1. The van der Waals surface area contributed by atoms with E-state index in [1.807, 2.05) is 23.9 Å². The summed E-state index contributed by atoms with van der Waals surface area (Å²) in [6, 6.07) is 8.19. The first-order chi connectivity index (χ1) is 8.13. The largest absolute Gasteiger partial charge is 0.335 e. The molecule has 0 saturated carbocycles. The topological polar surface area (TPSA) is 24.4 Å². The van der Waals surface area contributed by atoms with Crippen molar-refractivity contribution in [3.05, 3.63) is 28.7 Å². The Kier molecular flexibility index (Phi) is 4.51. The first kappa shape index (κ1) is 13.0. The average molecular weight is 313 g/mol. The van der Waals surface area contributed by atoms with E-state index in [0.29, 0.717) is 5.25 Å². The third kappa shape index (κ3) is 4.03. The molecule has 1 heterocycles. The summed E-state index contributed by atoms with van der Waals surface area (Å²) in [5, 5.41) is 5.06. The monoisotopic (exact) mass is 312 g/mol. The maximum Gasteiger partial charge on any atom is 0.161 e. The van der Waals surface area contributed by atoms with Gasteiger partial charge in [-0.2, -0.15) is 0 Å². The average Bonchev–Trinajstić information content (AvgIpc) is 2.68. The molecule has 2 rings (SSSR count). The smallest absolute Gasteiger partial charge is 0.161 e. The van der Waals surface area contributed by atoms with Crippen molar-refractivity contribution in [3.63, 3.8) is 0 Å².